The average molecular weight is 336 g/mol. The maximum atomic E-state index is 12.5. The molecule has 1 unspecified atom stereocenters. The van der Waals surface area contributed by atoms with Crippen LogP contribution >= 0.6 is 0 Å². The standard InChI is InChI=1S/C17H28N4O3/c22-10-9-20-7-8-21(12-13(23)11-20)17(24)6-5-16-14-3-1-2-4-15(14)18-19-16/h13,22-23H,1-12H2,(H,18,19). The zero-order valence-corrected chi connectivity index (χ0v) is 14.2. The number of fused-ring (bicyclic) bond motifs is 1. The van der Waals surface area contributed by atoms with E-state index in [1.807, 2.05) is 4.90 Å². The van der Waals surface area contributed by atoms with E-state index in [1.54, 1.807) is 4.90 Å². The molecule has 2 heterocycles. The van der Waals surface area contributed by atoms with Gasteiger partial charge in [0.2, 0.25) is 5.91 Å². The maximum Gasteiger partial charge on any atom is 0.223 e. The van der Waals surface area contributed by atoms with Crippen molar-refractivity contribution < 1.29 is 15.0 Å². The van der Waals surface area contributed by atoms with Gasteiger partial charge in [-0.3, -0.25) is 14.8 Å². The molecule has 1 aliphatic heterocycles. The van der Waals surface area contributed by atoms with Crippen LogP contribution in [0.1, 0.15) is 36.2 Å². The molecule has 1 amide bonds. The van der Waals surface area contributed by atoms with E-state index in [4.69, 9.17) is 5.11 Å². The lowest BCUT2D eigenvalue weighted by Crippen LogP contribution is -2.37. The Morgan fingerprint density at radius 3 is 2.92 bits per heavy atom. The van der Waals surface area contributed by atoms with E-state index in [1.165, 1.54) is 24.1 Å². The van der Waals surface area contributed by atoms with Crippen LogP contribution < -0.4 is 0 Å². The molecule has 134 valence electrons. The SMILES string of the molecule is O=C(CCc1n[nH]c2c1CCCC2)N1CCN(CCO)CC(O)C1. The van der Waals surface area contributed by atoms with Crippen LogP contribution in [0.25, 0.3) is 0 Å². The molecular formula is C17H28N4O3. The molecule has 0 saturated carbocycles. The molecule has 1 fully saturated rings. The molecule has 1 aromatic heterocycles. The highest BCUT2D eigenvalue weighted by atomic mass is 16.3. The van der Waals surface area contributed by atoms with E-state index in [0.717, 1.165) is 18.5 Å². The van der Waals surface area contributed by atoms with Gasteiger partial charge in [0.25, 0.3) is 0 Å². The van der Waals surface area contributed by atoms with Gasteiger partial charge in [-0.15, -0.1) is 0 Å². The Bertz CT molecular complexity index is 560. The molecule has 1 atom stereocenters. The summed E-state index contributed by atoms with van der Waals surface area (Å²) in [7, 11) is 0. The number of hydrogen-bond donors (Lipinski definition) is 3. The van der Waals surface area contributed by atoms with E-state index < -0.39 is 6.10 Å². The third kappa shape index (κ3) is 4.15. The number of β-amino-alcohol motifs (C(OH)–C–C–N with tert-alkyl or cyclic N) is 2. The Morgan fingerprint density at radius 1 is 1.25 bits per heavy atom. The number of aromatic amines is 1. The van der Waals surface area contributed by atoms with E-state index in [0.29, 0.717) is 45.6 Å². The molecule has 2 aliphatic rings. The summed E-state index contributed by atoms with van der Waals surface area (Å²) in [5.74, 6) is 0.0763. The Hall–Kier alpha value is -1.44. The molecule has 0 aromatic carbocycles. The maximum absolute atomic E-state index is 12.5. The predicted octanol–water partition coefficient (Wildman–Crippen LogP) is -0.281. The summed E-state index contributed by atoms with van der Waals surface area (Å²) >= 11 is 0. The lowest BCUT2D eigenvalue weighted by molar-refractivity contribution is -0.132. The number of aryl methyl sites for hydroxylation is 2. The second-order valence-electron chi connectivity index (χ2n) is 6.85. The predicted molar refractivity (Wildman–Crippen MR) is 89.7 cm³/mol. The first-order valence-corrected chi connectivity index (χ1v) is 9.01. The summed E-state index contributed by atoms with van der Waals surface area (Å²) < 4.78 is 0. The van der Waals surface area contributed by atoms with E-state index in [2.05, 4.69) is 10.2 Å². The number of aliphatic hydroxyl groups is 2. The van der Waals surface area contributed by atoms with Crippen molar-refractivity contribution in [3.8, 4) is 0 Å². The molecule has 7 heteroatoms. The van der Waals surface area contributed by atoms with Gasteiger partial charge < -0.3 is 15.1 Å². The number of rotatable bonds is 5. The number of amides is 1. The number of hydrogen-bond acceptors (Lipinski definition) is 5. The van der Waals surface area contributed by atoms with Gasteiger partial charge in [-0.1, -0.05) is 0 Å². The second kappa shape index (κ2) is 8.09. The number of nitrogens with one attached hydrogen (secondary N) is 1. The first-order chi connectivity index (χ1) is 11.7. The van der Waals surface area contributed by atoms with Crippen LogP contribution in [0.4, 0.5) is 0 Å². The highest BCUT2D eigenvalue weighted by Crippen LogP contribution is 2.23. The van der Waals surface area contributed by atoms with Crippen LogP contribution in [0.3, 0.4) is 0 Å². The fourth-order valence-electron chi connectivity index (χ4n) is 3.77. The van der Waals surface area contributed by atoms with Gasteiger partial charge in [-0.2, -0.15) is 5.10 Å². The topological polar surface area (TPSA) is 92.7 Å². The van der Waals surface area contributed by atoms with Crippen molar-refractivity contribution in [3.63, 3.8) is 0 Å². The molecule has 3 rings (SSSR count). The van der Waals surface area contributed by atoms with Gasteiger partial charge in [0.05, 0.1) is 18.4 Å². The fraction of sp³-hybridized carbons (Fsp3) is 0.765. The molecule has 24 heavy (non-hydrogen) atoms. The van der Waals surface area contributed by atoms with Gasteiger partial charge in [0, 0.05) is 51.3 Å². The highest BCUT2D eigenvalue weighted by molar-refractivity contribution is 5.76. The Morgan fingerprint density at radius 2 is 2.08 bits per heavy atom. The van der Waals surface area contributed by atoms with Crippen molar-refractivity contribution in [1.82, 2.24) is 20.0 Å². The number of aromatic nitrogens is 2. The number of nitrogens with zero attached hydrogens (tertiary/aromatic N) is 3. The molecule has 7 nitrogen and oxygen atoms in total. The molecule has 3 N–H and O–H groups in total. The van der Waals surface area contributed by atoms with Gasteiger partial charge >= 0.3 is 0 Å². The largest absolute Gasteiger partial charge is 0.395 e. The summed E-state index contributed by atoms with van der Waals surface area (Å²) in [5.41, 5.74) is 3.60. The average Bonchev–Trinajstić information content (AvgIpc) is 2.90. The summed E-state index contributed by atoms with van der Waals surface area (Å²) in [6, 6.07) is 0. The molecule has 1 aliphatic carbocycles. The van der Waals surface area contributed by atoms with E-state index in [9.17, 15) is 9.90 Å². The fourth-order valence-corrected chi connectivity index (χ4v) is 3.77. The summed E-state index contributed by atoms with van der Waals surface area (Å²) in [6.07, 6.45) is 5.09. The van der Waals surface area contributed by atoms with Crippen LogP contribution in [0.5, 0.6) is 0 Å². The number of carbonyl (C=O) groups is 1. The zero-order valence-electron chi connectivity index (χ0n) is 14.2. The number of aliphatic hydroxyl groups excluding tert-OH is 2. The van der Waals surface area contributed by atoms with Gasteiger partial charge in [-0.25, -0.2) is 0 Å². The van der Waals surface area contributed by atoms with Crippen molar-refractivity contribution >= 4 is 5.91 Å². The van der Waals surface area contributed by atoms with Gasteiger partial charge in [0.1, 0.15) is 0 Å². The third-order valence-electron chi connectivity index (χ3n) is 5.07. The Kier molecular flexibility index (Phi) is 5.86. The van der Waals surface area contributed by atoms with Crippen LogP contribution in [0, 0.1) is 0 Å². The number of H-pyrrole nitrogens is 1. The Labute approximate surface area is 142 Å². The summed E-state index contributed by atoms with van der Waals surface area (Å²) in [5, 5.41) is 26.7. The van der Waals surface area contributed by atoms with Crippen LogP contribution in [-0.2, 0) is 24.1 Å². The van der Waals surface area contributed by atoms with Crippen molar-refractivity contribution in [3.05, 3.63) is 17.0 Å². The van der Waals surface area contributed by atoms with E-state index >= 15 is 0 Å². The summed E-state index contributed by atoms with van der Waals surface area (Å²) in [6.45, 7) is 2.80. The lowest BCUT2D eigenvalue weighted by Gasteiger charge is -2.21. The zero-order chi connectivity index (χ0) is 16.9. The molecule has 0 spiro atoms. The van der Waals surface area contributed by atoms with E-state index in [-0.39, 0.29) is 12.5 Å². The third-order valence-corrected chi connectivity index (χ3v) is 5.07. The lowest BCUT2D eigenvalue weighted by atomic mass is 9.94. The van der Waals surface area contributed by atoms with Crippen LogP contribution in [-0.4, -0.2) is 81.6 Å². The summed E-state index contributed by atoms with van der Waals surface area (Å²) in [4.78, 5) is 16.3. The van der Waals surface area contributed by atoms with Gasteiger partial charge in [0.15, 0.2) is 0 Å². The molecule has 0 bridgehead atoms. The molecule has 1 saturated heterocycles. The van der Waals surface area contributed by atoms with Crippen molar-refractivity contribution in [2.45, 2.75) is 44.6 Å². The minimum Gasteiger partial charge on any atom is -0.395 e. The van der Waals surface area contributed by atoms with Crippen LogP contribution in [0.15, 0.2) is 0 Å². The molecule has 0 radical (unpaired) electrons. The second-order valence-corrected chi connectivity index (χ2v) is 6.85. The van der Waals surface area contributed by atoms with Crippen molar-refractivity contribution in [1.29, 1.82) is 0 Å². The van der Waals surface area contributed by atoms with Crippen molar-refractivity contribution in [2.75, 3.05) is 39.3 Å². The number of carbonyl (C=O) groups excluding carboxylic acids is 1. The normalized spacial score (nSPS) is 22.2. The molecule has 1 aromatic rings. The highest BCUT2D eigenvalue weighted by Gasteiger charge is 2.25. The van der Waals surface area contributed by atoms with Crippen molar-refractivity contribution in [2.24, 2.45) is 0 Å². The smallest absolute Gasteiger partial charge is 0.223 e. The quantitative estimate of drug-likeness (QED) is 0.688. The van der Waals surface area contributed by atoms with Gasteiger partial charge in [-0.05, 0) is 31.2 Å². The first kappa shape index (κ1) is 17.4. The molecular weight excluding hydrogens is 308 g/mol. The first-order valence-electron chi connectivity index (χ1n) is 9.01. The Balaban J connectivity index is 1.54. The van der Waals surface area contributed by atoms with Crippen LogP contribution in [0.2, 0.25) is 0 Å². The monoisotopic (exact) mass is 336 g/mol. The minimum atomic E-state index is -0.554. The minimum absolute atomic E-state index is 0.0743.